The first kappa shape index (κ1) is 29.8. The summed E-state index contributed by atoms with van der Waals surface area (Å²) in [5.74, 6) is 0. The molecule has 0 nitrogen and oxygen atoms in total. The van der Waals surface area contributed by atoms with E-state index in [9.17, 15) is 0 Å². The molecule has 0 aromatic heterocycles. The van der Waals surface area contributed by atoms with Gasteiger partial charge in [-0.25, -0.2) is 0 Å². The summed E-state index contributed by atoms with van der Waals surface area (Å²) >= 11 is -1.65. The summed E-state index contributed by atoms with van der Waals surface area (Å²) in [6.45, 7) is 50.6. The Morgan fingerprint density at radius 1 is 0.345 bits per heavy atom. The Labute approximate surface area is 201 Å². The van der Waals surface area contributed by atoms with Crippen molar-refractivity contribution in [1.29, 1.82) is 0 Å². The van der Waals surface area contributed by atoms with E-state index in [2.05, 4.69) is 126 Å². The minimum atomic E-state index is -1.26. The average molecular weight is 645 g/mol. The molecule has 2 unspecified atom stereocenters. The van der Waals surface area contributed by atoms with Crippen LogP contribution in [0.2, 0.25) is 124 Å². The second-order valence-electron chi connectivity index (χ2n) is 15.5. The molecule has 2 atom stereocenters. The van der Waals surface area contributed by atoms with Crippen molar-refractivity contribution in [3.8, 4) is 0 Å². The van der Waals surface area contributed by atoms with E-state index in [1.807, 2.05) is 0 Å². The monoisotopic (exact) mass is 644 g/mol. The van der Waals surface area contributed by atoms with Gasteiger partial charge in [0.1, 0.15) is 0 Å². The van der Waals surface area contributed by atoms with Gasteiger partial charge in [-0.15, -0.1) is 0 Å². The number of hydrogen-bond donors (Lipinski definition) is 0. The van der Waals surface area contributed by atoms with Gasteiger partial charge < -0.3 is 0 Å². The zero-order chi connectivity index (χ0) is 23.9. The third kappa shape index (κ3) is 4.56. The van der Waals surface area contributed by atoms with Gasteiger partial charge in [0.2, 0.25) is 0 Å². The molecule has 1 heterocycles. The van der Waals surface area contributed by atoms with Crippen LogP contribution in [0.15, 0.2) is 0 Å². The van der Waals surface area contributed by atoms with Crippen LogP contribution in [-0.4, -0.2) is 71.3 Å². The summed E-state index contributed by atoms with van der Waals surface area (Å²) in [6, 6.07) is 0. The zero-order valence-corrected chi connectivity index (χ0v) is 33.9. The Morgan fingerprint density at radius 2 is 0.483 bits per heavy atom. The van der Waals surface area contributed by atoms with Crippen LogP contribution >= 0.6 is 8.29 Å². The Morgan fingerprint density at radius 3 is 0.586 bits per heavy atom. The molecule has 0 aromatic carbocycles. The van der Waals surface area contributed by atoms with Gasteiger partial charge in [-0.3, -0.25) is 0 Å². The molecule has 0 aromatic rings. The van der Waals surface area contributed by atoms with Gasteiger partial charge in [-0.05, 0) is 0 Å². The molecule has 29 heavy (non-hydrogen) atoms. The summed E-state index contributed by atoms with van der Waals surface area (Å²) in [6.07, 6.45) is 0. The van der Waals surface area contributed by atoms with E-state index >= 15 is 0 Å². The minimum absolute atomic E-state index is 0.826. The van der Waals surface area contributed by atoms with Crippen molar-refractivity contribution in [2.75, 3.05) is 0 Å². The van der Waals surface area contributed by atoms with Gasteiger partial charge in [0.05, 0.1) is 0 Å². The fourth-order valence-corrected chi connectivity index (χ4v) is 261. The second-order valence-corrected chi connectivity index (χ2v) is 85.8. The van der Waals surface area contributed by atoms with Crippen molar-refractivity contribution < 1.29 is 0 Å². The van der Waals surface area contributed by atoms with Gasteiger partial charge in [-0.1, -0.05) is 0 Å². The van der Waals surface area contributed by atoms with Crippen LogP contribution in [0.25, 0.3) is 0 Å². The first-order valence-corrected chi connectivity index (χ1v) is 44.9. The molecular formula is C20H54As2SSi6. The van der Waals surface area contributed by atoms with Gasteiger partial charge in [0.25, 0.3) is 0 Å². The maximum absolute atomic E-state index is 2.81. The average Bonchev–Trinajstić information content (AvgIpc) is 2.96. The van der Waals surface area contributed by atoms with Crippen molar-refractivity contribution in [3.05, 3.63) is 0 Å². The molecular weight excluding hydrogens is 591 g/mol. The first-order chi connectivity index (χ1) is 12.2. The van der Waals surface area contributed by atoms with Crippen LogP contribution in [0.5, 0.6) is 0 Å². The summed E-state index contributed by atoms with van der Waals surface area (Å²) in [4.78, 5) is 0. The molecule has 1 aliphatic heterocycles. The molecule has 0 bridgehead atoms. The van der Waals surface area contributed by atoms with E-state index in [4.69, 9.17) is 0 Å². The summed E-state index contributed by atoms with van der Waals surface area (Å²) in [5, 5.41) is 0. The molecule has 1 fully saturated rings. The Kier molecular flexibility index (Phi) is 8.40. The zero-order valence-electron chi connectivity index (χ0n) is 23.3. The van der Waals surface area contributed by atoms with Gasteiger partial charge in [0.15, 0.2) is 0 Å². The third-order valence-electron chi connectivity index (χ3n) is 7.38. The fraction of sp³-hybridized carbons (Fsp3) is 1.00. The van der Waals surface area contributed by atoms with Crippen LogP contribution in [0, 0.1) is 0 Å². The van der Waals surface area contributed by atoms with Crippen LogP contribution in [-0.2, 0) is 0 Å². The van der Waals surface area contributed by atoms with Crippen LogP contribution in [0.1, 0.15) is 0 Å². The van der Waals surface area contributed by atoms with Crippen molar-refractivity contribution >= 4 is 79.6 Å². The third-order valence-corrected chi connectivity index (χ3v) is 130. The molecule has 0 amide bonds. The van der Waals surface area contributed by atoms with E-state index in [0.717, 1.165) is 6.15 Å². The van der Waals surface area contributed by atoms with Gasteiger partial charge >= 0.3 is 204 Å². The number of hydrogen-bond acceptors (Lipinski definition) is 1. The topological polar surface area (TPSA) is 0 Å². The molecule has 9 heteroatoms. The molecule has 0 saturated carbocycles. The number of rotatable bonds is 8. The standard InChI is InChI=1S/C20H54As2SSi6/c1-24(2,3)19(25(4,5)6,26(7,8)9)21-22(23-21)20(27(10,11)12,28(13,14)15)29(16,17)18/h1-18H3. The second kappa shape index (κ2) is 8.17. The SMILES string of the molecule is C[Si](C)(C)C([As]1S[As]1C([Si](C)(C)C)([Si](C)(C)C)[Si](C)(C)C)([Si](C)(C)C)[Si](C)(C)C. The molecule has 1 saturated heterocycles. The van der Waals surface area contributed by atoms with Crippen LogP contribution in [0.3, 0.4) is 0 Å². The van der Waals surface area contributed by atoms with Crippen molar-refractivity contribution in [3.63, 3.8) is 0 Å². The molecule has 1 rings (SSSR count). The first-order valence-electron chi connectivity index (χ1n) is 11.5. The predicted octanol–water partition coefficient (Wildman–Crippen LogP) is 8.54. The van der Waals surface area contributed by atoms with E-state index in [0.29, 0.717) is 0 Å². The molecule has 0 N–H and O–H groups in total. The Hall–Kier alpha value is 2.77. The molecule has 1 aliphatic rings. The van der Waals surface area contributed by atoms with Crippen molar-refractivity contribution in [2.45, 2.75) is 124 Å². The van der Waals surface area contributed by atoms with Gasteiger partial charge in [0, 0.05) is 0 Å². The van der Waals surface area contributed by atoms with Crippen LogP contribution in [0.4, 0.5) is 0 Å². The summed E-state index contributed by atoms with van der Waals surface area (Å²) in [7, 11) is -4.72. The van der Waals surface area contributed by atoms with Gasteiger partial charge in [-0.2, -0.15) is 0 Å². The van der Waals surface area contributed by atoms with Crippen molar-refractivity contribution in [2.24, 2.45) is 0 Å². The molecule has 0 aliphatic carbocycles. The fourth-order valence-electron chi connectivity index (χ4n) is 8.92. The molecule has 0 spiro atoms. The van der Waals surface area contributed by atoms with E-state index in [1.165, 1.54) is 0 Å². The van der Waals surface area contributed by atoms with E-state index in [1.54, 1.807) is 0 Å². The van der Waals surface area contributed by atoms with Crippen molar-refractivity contribution in [1.82, 2.24) is 0 Å². The molecule has 0 radical (unpaired) electrons. The summed E-state index contributed by atoms with van der Waals surface area (Å²) < 4.78 is 1.82. The maximum atomic E-state index is 2.81. The van der Waals surface area contributed by atoms with Crippen LogP contribution < -0.4 is 0 Å². The van der Waals surface area contributed by atoms with E-state index < -0.39 is 71.3 Å². The Bertz CT molecular complexity index is 486. The molecule has 174 valence electrons. The predicted molar refractivity (Wildman–Crippen MR) is 165 cm³/mol. The summed E-state index contributed by atoms with van der Waals surface area (Å²) in [5.41, 5.74) is 0. The quantitative estimate of drug-likeness (QED) is 0.189. The normalized spacial score (nSPS) is 23.4. The Balaban J connectivity index is 3.93. The van der Waals surface area contributed by atoms with E-state index in [-0.39, 0.29) is 0 Å².